The molecule has 6 rings (SSSR count). The molecule has 0 spiro atoms. The molecule has 0 radical (unpaired) electrons. The molecule has 0 saturated carbocycles. The number of piperidine rings is 1. The Labute approximate surface area is 238 Å². The Morgan fingerprint density at radius 1 is 1.05 bits per heavy atom. The third-order valence-electron chi connectivity index (χ3n) is 7.46. The van der Waals surface area contributed by atoms with Crippen LogP contribution in [0.1, 0.15) is 28.1 Å². The van der Waals surface area contributed by atoms with E-state index in [-0.39, 0.29) is 22.8 Å². The predicted octanol–water partition coefficient (Wildman–Crippen LogP) is 6.57. The summed E-state index contributed by atoms with van der Waals surface area (Å²) in [4.78, 5) is 15.1. The summed E-state index contributed by atoms with van der Waals surface area (Å²) < 4.78 is 52.9. The SMILES string of the molecule is Cc1cc2cc(CN3CCC(Nc4ncnc5sc(CC(F)(F)F)cc45)C(NCc4cccc(F)c4)C3)ccc2[nH]1. The minimum absolute atomic E-state index is 0.0245. The number of benzene rings is 2. The molecule has 1 aliphatic rings. The smallest absolute Gasteiger partial charge is 0.365 e. The van der Waals surface area contributed by atoms with E-state index in [2.05, 4.69) is 54.8 Å². The van der Waals surface area contributed by atoms with Gasteiger partial charge in [0.1, 0.15) is 22.8 Å². The number of halogens is 4. The van der Waals surface area contributed by atoms with Crippen molar-refractivity contribution < 1.29 is 17.6 Å². The van der Waals surface area contributed by atoms with Crippen molar-refractivity contribution in [3.05, 3.63) is 88.4 Å². The maximum atomic E-state index is 13.8. The maximum absolute atomic E-state index is 13.8. The second-order valence-corrected chi connectivity index (χ2v) is 11.8. The van der Waals surface area contributed by atoms with Gasteiger partial charge in [-0.15, -0.1) is 11.3 Å². The molecule has 5 aromatic rings. The number of anilines is 1. The minimum Gasteiger partial charge on any atom is -0.365 e. The average Bonchev–Trinajstić information content (AvgIpc) is 3.49. The first-order valence-electron chi connectivity index (χ1n) is 13.5. The van der Waals surface area contributed by atoms with Crippen molar-refractivity contribution in [3.63, 3.8) is 0 Å². The van der Waals surface area contributed by atoms with Crippen molar-refractivity contribution in [2.45, 2.75) is 51.1 Å². The first-order valence-corrected chi connectivity index (χ1v) is 14.4. The van der Waals surface area contributed by atoms with Crippen LogP contribution in [0, 0.1) is 12.7 Å². The monoisotopic (exact) mass is 582 g/mol. The van der Waals surface area contributed by atoms with Crippen LogP contribution < -0.4 is 10.6 Å². The number of nitrogens with one attached hydrogen (secondary N) is 3. The van der Waals surface area contributed by atoms with Gasteiger partial charge < -0.3 is 15.6 Å². The van der Waals surface area contributed by atoms with E-state index in [0.717, 1.165) is 54.2 Å². The fourth-order valence-electron chi connectivity index (χ4n) is 5.60. The molecule has 3 N–H and O–H groups in total. The molecule has 3 aromatic heterocycles. The summed E-state index contributed by atoms with van der Waals surface area (Å²) in [5.74, 6) is 0.249. The number of H-pyrrole nitrogens is 1. The number of thiophene rings is 1. The number of aryl methyl sites for hydroxylation is 1. The maximum Gasteiger partial charge on any atom is 0.393 e. The molecule has 1 fully saturated rings. The average molecular weight is 583 g/mol. The Morgan fingerprint density at radius 3 is 2.76 bits per heavy atom. The van der Waals surface area contributed by atoms with Gasteiger partial charge in [0.05, 0.1) is 11.8 Å². The van der Waals surface area contributed by atoms with E-state index in [1.54, 1.807) is 12.1 Å². The molecule has 2 unspecified atom stereocenters. The first kappa shape index (κ1) is 27.6. The quantitative estimate of drug-likeness (QED) is 0.181. The van der Waals surface area contributed by atoms with Crippen molar-refractivity contribution in [2.24, 2.45) is 0 Å². The van der Waals surface area contributed by atoms with Crippen LogP contribution in [0.4, 0.5) is 23.4 Å². The normalized spacial score (nSPS) is 18.4. The molecule has 2 aromatic carbocycles. The van der Waals surface area contributed by atoms with Gasteiger partial charge in [0, 0.05) is 54.4 Å². The lowest BCUT2D eigenvalue weighted by molar-refractivity contribution is -0.126. The number of hydrogen-bond donors (Lipinski definition) is 3. The Balaban J connectivity index is 1.21. The van der Waals surface area contributed by atoms with E-state index in [1.165, 1.54) is 29.4 Å². The summed E-state index contributed by atoms with van der Waals surface area (Å²) in [5.41, 5.74) is 4.31. The molecule has 1 aliphatic heterocycles. The zero-order valence-corrected chi connectivity index (χ0v) is 23.2. The summed E-state index contributed by atoms with van der Waals surface area (Å²) in [6.45, 7) is 4.88. The third-order valence-corrected chi connectivity index (χ3v) is 8.50. The van der Waals surface area contributed by atoms with Gasteiger partial charge in [0.2, 0.25) is 0 Å². The highest BCUT2D eigenvalue weighted by Crippen LogP contribution is 2.33. The number of rotatable bonds is 8. The van der Waals surface area contributed by atoms with E-state index < -0.39 is 12.6 Å². The van der Waals surface area contributed by atoms with Crippen LogP contribution in [-0.2, 0) is 19.5 Å². The van der Waals surface area contributed by atoms with E-state index in [4.69, 9.17) is 0 Å². The molecular weight excluding hydrogens is 552 g/mol. The molecule has 0 aliphatic carbocycles. The molecule has 0 amide bonds. The van der Waals surface area contributed by atoms with E-state index in [1.807, 2.05) is 13.0 Å². The van der Waals surface area contributed by atoms with Crippen LogP contribution in [0.2, 0.25) is 0 Å². The van der Waals surface area contributed by atoms with Gasteiger partial charge in [0.15, 0.2) is 0 Å². The van der Waals surface area contributed by atoms with Crippen molar-refractivity contribution in [2.75, 3.05) is 18.4 Å². The van der Waals surface area contributed by atoms with Gasteiger partial charge >= 0.3 is 6.18 Å². The predicted molar refractivity (Wildman–Crippen MR) is 155 cm³/mol. The minimum atomic E-state index is -4.29. The molecule has 2 atom stereocenters. The summed E-state index contributed by atoms with van der Waals surface area (Å²) >= 11 is 1.04. The van der Waals surface area contributed by atoms with E-state index in [0.29, 0.717) is 22.6 Å². The molecule has 6 nitrogen and oxygen atoms in total. The summed E-state index contributed by atoms with van der Waals surface area (Å²) in [6, 6.07) is 16.6. The van der Waals surface area contributed by atoms with Gasteiger partial charge in [-0.1, -0.05) is 18.2 Å². The lowest BCUT2D eigenvalue weighted by Crippen LogP contribution is -2.55. The van der Waals surface area contributed by atoms with Crippen molar-refractivity contribution in [1.82, 2.24) is 25.2 Å². The van der Waals surface area contributed by atoms with Crippen LogP contribution >= 0.6 is 11.3 Å². The van der Waals surface area contributed by atoms with Crippen LogP contribution in [0.15, 0.2) is 60.9 Å². The third kappa shape index (κ3) is 6.69. The molecular formula is C30H30F4N6S. The Hall–Kier alpha value is -3.54. The van der Waals surface area contributed by atoms with Crippen molar-refractivity contribution in [1.29, 1.82) is 0 Å². The van der Waals surface area contributed by atoms with Gasteiger partial charge in [-0.25, -0.2) is 14.4 Å². The number of alkyl halides is 3. The molecule has 214 valence electrons. The largest absolute Gasteiger partial charge is 0.393 e. The number of aromatic amines is 1. The zero-order chi connectivity index (χ0) is 28.6. The van der Waals surface area contributed by atoms with Crippen LogP contribution in [-0.4, -0.2) is 51.2 Å². The van der Waals surface area contributed by atoms with Gasteiger partial charge in [-0.05, 0) is 66.3 Å². The van der Waals surface area contributed by atoms with Crippen molar-refractivity contribution in [3.8, 4) is 0 Å². The van der Waals surface area contributed by atoms with Crippen LogP contribution in [0.25, 0.3) is 21.1 Å². The summed E-state index contributed by atoms with van der Waals surface area (Å²) in [5, 5.41) is 8.90. The molecule has 41 heavy (non-hydrogen) atoms. The Morgan fingerprint density at radius 2 is 1.93 bits per heavy atom. The topological polar surface area (TPSA) is 68.9 Å². The highest BCUT2D eigenvalue weighted by molar-refractivity contribution is 7.18. The lowest BCUT2D eigenvalue weighted by atomic mass is 9.97. The number of hydrogen-bond acceptors (Lipinski definition) is 6. The standard InChI is InChI=1S/C30H30F4N6S/c1-18-9-21-10-20(5-6-25(21)38-18)15-40-8-7-26(27(16-40)35-14-19-3-2-4-22(31)11-19)39-28-24-12-23(13-30(32,33)34)41-29(24)37-17-36-28/h2-6,9-12,17,26-27,35,38H,7-8,13-16H2,1H3,(H,36,37,39). The fraction of sp³-hybridized carbons (Fsp3) is 0.333. The Bertz CT molecular complexity index is 1660. The van der Waals surface area contributed by atoms with E-state index >= 15 is 0 Å². The van der Waals surface area contributed by atoms with Crippen LogP contribution in [0.5, 0.6) is 0 Å². The van der Waals surface area contributed by atoms with Gasteiger partial charge in [-0.2, -0.15) is 13.2 Å². The second-order valence-electron chi connectivity index (χ2n) is 10.7. The number of nitrogens with zero attached hydrogens (tertiary/aromatic N) is 3. The summed E-state index contributed by atoms with van der Waals surface area (Å²) in [7, 11) is 0. The zero-order valence-electron chi connectivity index (χ0n) is 22.4. The number of aromatic nitrogens is 3. The van der Waals surface area contributed by atoms with E-state index in [9.17, 15) is 17.6 Å². The second kappa shape index (κ2) is 11.4. The molecule has 1 saturated heterocycles. The molecule has 0 bridgehead atoms. The first-order chi connectivity index (χ1) is 19.7. The molecule has 4 heterocycles. The molecule has 11 heteroatoms. The van der Waals surface area contributed by atoms with Crippen LogP contribution in [0.3, 0.4) is 0 Å². The highest BCUT2D eigenvalue weighted by Gasteiger charge is 2.31. The van der Waals surface area contributed by atoms with Gasteiger partial charge in [0.25, 0.3) is 0 Å². The fourth-order valence-corrected chi connectivity index (χ4v) is 6.63. The Kier molecular flexibility index (Phi) is 7.67. The van der Waals surface area contributed by atoms with Crippen molar-refractivity contribution >= 4 is 38.3 Å². The lowest BCUT2D eigenvalue weighted by Gasteiger charge is -2.40. The summed E-state index contributed by atoms with van der Waals surface area (Å²) in [6.07, 6.45) is -3.10. The highest BCUT2D eigenvalue weighted by atomic mass is 32.1. The van der Waals surface area contributed by atoms with Gasteiger partial charge in [-0.3, -0.25) is 4.90 Å². The number of likely N-dealkylation sites (tertiary alicyclic amines) is 1. The number of fused-ring (bicyclic) bond motifs is 2.